The molecule has 1 aliphatic heterocycles. The maximum absolute atomic E-state index is 13.2. The van der Waals surface area contributed by atoms with Crippen molar-refractivity contribution < 1.29 is 23.9 Å². The maximum atomic E-state index is 13.2. The number of hydrogen-bond donors (Lipinski definition) is 2. The van der Waals surface area contributed by atoms with Crippen LogP contribution in [0, 0.1) is 0 Å². The molecule has 5 rings (SSSR count). The molecule has 0 bridgehead atoms. The van der Waals surface area contributed by atoms with Gasteiger partial charge in [0.15, 0.2) is 0 Å². The molecule has 2 heterocycles. The van der Waals surface area contributed by atoms with Crippen LogP contribution in [0.4, 0.5) is 15.4 Å². The van der Waals surface area contributed by atoms with Gasteiger partial charge in [-0.2, -0.15) is 0 Å². The molecule has 2 aromatic carbocycles. The van der Waals surface area contributed by atoms with Crippen molar-refractivity contribution in [1.82, 2.24) is 15.2 Å². The number of pyridine rings is 1. The lowest BCUT2D eigenvalue weighted by Gasteiger charge is -2.27. The summed E-state index contributed by atoms with van der Waals surface area (Å²) in [5.41, 5.74) is 3.77. The molecular weight excluding hydrogens is 576 g/mol. The van der Waals surface area contributed by atoms with Gasteiger partial charge in [-0.05, 0) is 77.5 Å². The molecule has 0 spiro atoms. The number of aromatic nitrogens is 1. The Morgan fingerprint density at radius 3 is 2.25 bits per heavy atom. The monoisotopic (exact) mass is 606 g/mol. The summed E-state index contributed by atoms with van der Waals surface area (Å²) >= 11 is 3.29. The van der Waals surface area contributed by atoms with E-state index in [1.807, 2.05) is 24.3 Å². The van der Waals surface area contributed by atoms with Crippen molar-refractivity contribution in [3.63, 3.8) is 0 Å². The average molecular weight is 608 g/mol. The van der Waals surface area contributed by atoms with E-state index >= 15 is 0 Å². The molecule has 2 unspecified atom stereocenters. The zero-order chi connectivity index (χ0) is 28.4. The Hall–Kier alpha value is -3.92. The second-order valence-corrected chi connectivity index (χ2v) is 11.7. The highest BCUT2D eigenvalue weighted by Crippen LogP contribution is 2.44. The van der Waals surface area contributed by atoms with Gasteiger partial charge in [0.2, 0.25) is 5.91 Å². The molecule has 1 aromatic heterocycles. The first-order valence-electron chi connectivity index (χ1n) is 13.1. The molecule has 2 atom stereocenters. The second-order valence-electron chi connectivity index (χ2n) is 10.9. The Bertz CT molecular complexity index is 1390. The fourth-order valence-electron chi connectivity index (χ4n) is 5.21. The molecule has 1 aliphatic carbocycles. The van der Waals surface area contributed by atoms with Crippen LogP contribution < -0.4 is 10.6 Å². The van der Waals surface area contributed by atoms with Crippen LogP contribution >= 0.6 is 15.9 Å². The van der Waals surface area contributed by atoms with E-state index in [0.29, 0.717) is 10.4 Å². The number of benzene rings is 2. The predicted octanol–water partition coefficient (Wildman–Crippen LogP) is 5.70. The summed E-state index contributed by atoms with van der Waals surface area (Å²) in [6, 6.07) is 20.0. The van der Waals surface area contributed by atoms with Gasteiger partial charge in [0.05, 0.1) is 6.04 Å². The van der Waals surface area contributed by atoms with Crippen molar-refractivity contribution >= 4 is 39.8 Å². The van der Waals surface area contributed by atoms with Gasteiger partial charge in [-0.3, -0.25) is 9.69 Å². The van der Waals surface area contributed by atoms with Crippen LogP contribution in [0.5, 0.6) is 0 Å². The average Bonchev–Trinajstić information content (AvgIpc) is 3.46. The number of hydrogen-bond acceptors (Lipinski definition) is 6. The SMILES string of the molecule is CC(C)(C)OC(=O)N1CC(NC(=O)OCC2c3ccccc3-c3ccccc32)CC1C(=O)Nc1cccc(Br)n1. The highest BCUT2D eigenvalue weighted by molar-refractivity contribution is 9.10. The van der Waals surface area contributed by atoms with Gasteiger partial charge in [-0.1, -0.05) is 54.6 Å². The van der Waals surface area contributed by atoms with E-state index in [9.17, 15) is 14.4 Å². The number of alkyl carbamates (subject to hydrolysis) is 1. The summed E-state index contributed by atoms with van der Waals surface area (Å²) in [5, 5.41) is 5.60. The molecule has 0 radical (unpaired) electrons. The van der Waals surface area contributed by atoms with E-state index in [0.717, 1.165) is 22.3 Å². The fraction of sp³-hybridized carbons (Fsp3) is 0.333. The molecule has 208 valence electrons. The van der Waals surface area contributed by atoms with E-state index in [4.69, 9.17) is 9.47 Å². The number of rotatable bonds is 5. The molecule has 9 nitrogen and oxygen atoms in total. The number of anilines is 1. The smallest absolute Gasteiger partial charge is 0.411 e. The van der Waals surface area contributed by atoms with Crippen LogP contribution in [-0.2, 0) is 14.3 Å². The normalized spacial score (nSPS) is 18.1. The van der Waals surface area contributed by atoms with Crippen molar-refractivity contribution in [2.75, 3.05) is 18.5 Å². The molecule has 3 amide bonds. The third-order valence-electron chi connectivity index (χ3n) is 6.86. The Kier molecular flexibility index (Phi) is 7.80. The summed E-state index contributed by atoms with van der Waals surface area (Å²) in [6.45, 7) is 5.54. The first-order chi connectivity index (χ1) is 19.1. The summed E-state index contributed by atoms with van der Waals surface area (Å²) < 4.78 is 11.8. The number of amides is 3. The Morgan fingerprint density at radius 2 is 1.62 bits per heavy atom. The summed E-state index contributed by atoms with van der Waals surface area (Å²) in [7, 11) is 0. The molecule has 2 N–H and O–H groups in total. The number of fused-ring (bicyclic) bond motifs is 3. The standard InChI is InChI=1S/C30H31BrN4O5/c1-30(2,3)40-29(38)35-16-18(15-24(35)27(36)34-26-14-8-13-25(31)33-26)32-28(37)39-17-23-21-11-6-4-9-19(21)20-10-5-7-12-22(20)23/h4-14,18,23-24H,15-17H2,1-3H3,(H,32,37)(H,33,34,36). The van der Waals surface area contributed by atoms with Gasteiger partial charge in [0.1, 0.15) is 28.7 Å². The number of ether oxygens (including phenoxy) is 2. The molecule has 10 heteroatoms. The lowest BCUT2D eigenvalue weighted by molar-refractivity contribution is -0.120. The molecule has 1 saturated heterocycles. The van der Waals surface area contributed by atoms with E-state index < -0.39 is 35.8 Å². The highest BCUT2D eigenvalue weighted by Gasteiger charge is 2.42. The number of likely N-dealkylation sites (tertiary alicyclic amines) is 1. The van der Waals surface area contributed by atoms with Gasteiger partial charge < -0.3 is 20.1 Å². The van der Waals surface area contributed by atoms with Crippen LogP contribution in [-0.4, -0.2) is 58.8 Å². The third-order valence-corrected chi connectivity index (χ3v) is 7.31. The fourth-order valence-corrected chi connectivity index (χ4v) is 5.55. The first-order valence-corrected chi connectivity index (χ1v) is 13.9. The number of carbonyl (C=O) groups excluding carboxylic acids is 3. The quantitative estimate of drug-likeness (QED) is 0.361. The van der Waals surface area contributed by atoms with Crippen molar-refractivity contribution in [2.24, 2.45) is 0 Å². The molecule has 2 aliphatic rings. The largest absolute Gasteiger partial charge is 0.449 e. The van der Waals surface area contributed by atoms with Crippen molar-refractivity contribution in [2.45, 2.75) is 50.8 Å². The van der Waals surface area contributed by atoms with Crippen LogP contribution in [0.3, 0.4) is 0 Å². The van der Waals surface area contributed by atoms with E-state index in [2.05, 4.69) is 55.8 Å². The summed E-state index contributed by atoms with van der Waals surface area (Å²) in [4.78, 5) is 44.7. The highest BCUT2D eigenvalue weighted by atomic mass is 79.9. The van der Waals surface area contributed by atoms with Crippen LogP contribution in [0.2, 0.25) is 0 Å². The number of carbonyl (C=O) groups is 3. The molecular formula is C30H31BrN4O5. The Labute approximate surface area is 241 Å². The summed E-state index contributed by atoms with van der Waals surface area (Å²) in [5.74, 6) is -0.152. The van der Waals surface area contributed by atoms with E-state index in [1.165, 1.54) is 4.90 Å². The Balaban J connectivity index is 1.25. The van der Waals surface area contributed by atoms with Gasteiger partial charge in [-0.15, -0.1) is 0 Å². The lowest BCUT2D eigenvalue weighted by atomic mass is 9.98. The number of halogens is 1. The van der Waals surface area contributed by atoms with Gasteiger partial charge in [-0.25, -0.2) is 14.6 Å². The van der Waals surface area contributed by atoms with Crippen molar-refractivity contribution in [3.05, 3.63) is 82.5 Å². The van der Waals surface area contributed by atoms with Crippen molar-refractivity contribution in [3.8, 4) is 11.1 Å². The third kappa shape index (κ3) is 6.12. The molecule has 0 saturated carbocycles. The van der Waals surface area contributed by atoms with E-state index in [-0.39, 0.29) is 25.5 Å². The number of nitrogens with zero attached hydrogens (tertiary/aromatic N) is 2. The zero-order valence-corrected chi connectivity index (χ0v) is 24.1. The van der Waals surface area contributed by atoms with E-state index in [1.54, 1.807) is 39.0 Å². The minimum Gasteiger partial charge on any atom is -0.449 e. The van der Waals surface area contributed by atoms with Crippen LogP contribution in [0.15, 0.2) is 71.3 Å². The maximum Gasteiger partial charge on any atom is 0.411 e. The lowest BCUT2D eigenvalue weighted by Crippen LogP contribution is -2.45. The first kappa shape index (κ1) is 27.6. The second kappa shape index (κ2) is 11.3. The predicted molar refractivity (Wildman–Crippen MR) is 154 cm³/mol. The molecule has 40 heavy (non-hydrogen) atoms. The molecule has 3 aromatic rings. The van der Waals surface area contributed by atoms with Gasteiger partial charge >= 0.3 is 12.2 Å². The molecule has 1 fully saturated rings. The zero-order valence-electron chi connectivity index (χ0n) is 22.5. The van der Waals surface area contributed by atoms with Crippen molar-refractivity contribution in [1.29, 1.82) is 0 Å². The Morgan fingerprint density at radius 1 is 0.975 bits per heavy atom. The van der Waals surface area contributed by atoms with Gasteiger partial charge in [0, 0.05) is 12.5 Å². The van der Waals surface area contributed by atoms with Gasteiger partial charge in [0.25, 0.3) is 0 Å². The minimum atomic E-state index is -0.866. The van der Waals surface area contributed by atoms with Crippen LogP contribution in [0.1, 0.15) is 44.2 Å². The minimum absolute atomic E-state index is 0.0730. The topological polar surface area (TPSA) is 110 Å². The summed E-state index contributed by atoms with van der Waals surface area (Å²) in [6.07, 6.45) is -1.04. The number of nitrogens with one attached hydrogen (secondary N) is 2. The van der Waals surface area contributed by atoms with Crippen LogP contribution in [0.25, 0.3) is 11.1 Å².